The molecule has 1 aromatic heterocycles. The Morgan fingerprint density at radius 3 is 2.79 bits per heavy atom. The van der Waals surface area contributed by atoms with Gasteiger partial charge in [0.1, 0.15) is 11.9 Å². The van der Waals surface area contributed by atoms with E-state index < -0.39 is 18.6 Å². The molecule has 1 aromatic carbocycles. The lowest BCUT2D eigenvalue weighted by Crippen LogP contribution is -2.48. The van der Waals surface area contributed by atoms with Crippen LogP contribution in [0, 0.1) is 35.4 Å². The second kappa shape index (κ2) is 10.9. The van der Waals surface area contributed by atoms with Crippen LogP contribution >= 0.6 is 0 Å². The van der Waals surface area contributed by atoms with Crippen LogP contribution in [0.3, 0.4) is 0 Å². The third-order valence-corrected chi connectivity index (χ3v) is 8.25. The molecule has 38 heavy (non-hydrogen) atoms. The molecule has 9 heteroatoms. The fraction of sp³-hybridized carbons (Fsp3) is 0.448. The topological polar surface area (TPSA) is 121 Å². The van der Waals surface area contributed by atoms with Gasteiger partial charge in [-0.05, 0) is 80.2 Å². The minimum absolute atomic E-state index is 0.0929. The van der Waals surface area contributed by atoms with Crippen LogP contribution < -0.4 is 11.1 Å². The van der Waals surface area contributed by atoms with E-state index >= 15 is 0 Å². The number of nitrogens with zero attached hydrogens (tertiary/aromatic N) is 1. The van der Waals surface area contributed by atoms with Gasteiger partial charge in [0.05, 0.1) is 11.6 Å². The Kier molecular flexibility index (Phi) is 7.44. The number of benzene rings is 1. The summed E-state index contributed by atoms with van der Waals surface area (Å²) in [5.74, 6) is -0.508. The number of amides is 2. The van der Waals surface area contributed by atoms with E-state index in [-0.39, 0.29) is 47.6 Å². The monoisotopic (exact) mass is 521 g/mol. The third-order valence-electron chi connectivity index (χ3n) is 8.25. The summed E-state index contributed by atoms with van der Waals surface area (Å²) in [4.78, 5) is 40.2. The number of allylic oxidation sites excluding steroid dienone is 1. The quantitative estimate of drug-likeness (QED) is 0.553. The summed E-state index contributed by atoms with van der Waals surface area (Å²) >= 11 is 0. The first-order valence-electron chi connectivity index (χ1n) is 13.1. The van der Waals surface area contributed by atoms with Crippen molar-refractivity contribution in [1.82, 2.24) is 10.3 Å². The molecule has 200 valence electrons. The zero-order valence-corrected chi connectivity index (χ0v) is 21.2. The van der Waals surface area contributed by atoms with Gasteiger partial charge in [-0.3, -0.25) is 14.6 Å². The molecule has 2 amide bonds. The van der Waals surface area contributed by atoms with Crippen LogP contribution in [-0.4, -0.2) is 41.7 Å². The maximum absolute atomic E-state index is 13.6. The van der Waals surface area contributed by atoms with E-state index in [1.807, 2.05) is 31.2 Å². The lowest BCUT2D eigenvalue weighted by Gasteiger charge is -2.47. The predicted octanol–water partition coefficient (Wildman–Crippen LogP) is 4.09. The average molecular weight is 522 g/mol. The number of rotatable bonds is 6. The van der Waals surface area contributed by atoms with Gasteiger partial charge in [-0.2, -0.15) is 0 Å². The van der Waals surface area contributed by atoms with E-state index in [9.17, 15) is 18.8 Å². The molecule has 0 bridgehead atoms. The van der Waals surface area contributed by atoms with Crippen molar-refractivity contribution in [1.29, 1.82) is 0 Å². The fourth-order valence-corrected chi connectivity index (χ4v) is 6.64. The van der Waals surface area contributed by atoms with E-state index in [1.165, 1.54) is 12.1 Å². The van der Waals surface area contributed by atoms with Crippen molar-refractivity contribution < 1.29 is 28.2 Å². The summed E-state index contributed by atoms with van der Waals surface area (Å²) in [6.07, 6.45) is 8.22. The van der Waals surface area contributed by atoms with Crippen molar-refractivity contribution in [3.63, 3.8) is 0 Å². The number of fused-ring (bicyclic) bond motifs is 2. The molecule has 5 rings (SSSR count). The number of alkyl carbamates (subject to hydrolysis) is 1. The van der Waals surface area contributed by atoms with E-state index in [4.69, 9.17) is 15.2 Å². The predicted molar refractivity (Wildman–Crippen MR) is 138 cm³/mol. The maximum atomic E-state index is 13.6. The number of primary amides is 1. The highest BCUT2D eigenvalue weighted by Crippen LogP contribution is 2.53. The molecule has 2 heterocycles. The van der Waals surface area contributed by atoms with Gasteiger partial charge < -0.3 is 20.5 Å². The summed E-state index contributed by atoms with van der Waals surface area (Å²) in [7, 11) is 0. The smallest absolute Gasteiger partial charge is 0.407 e. The van der Waals surface area contributed by atoms with Crippen LogP contribution in [0.2, 0.25) is 0 Å². The number of halogens is 1. The van der Waals surface area contributed by atoms with Crippen LogP contribution in [0.4, 0.5) is 9.18 Å². The SMILES string of the molecule is C[C@H]1OC(=O)[C@@H]2C[C@@H]3C[C@H](NC(=O)OCC(N)=O)CC[C@H]3[C@H](C=Cc3ccc(-c4cccc(F)c4)cn3)[C@H]12. The van der Waals surface area contributed by atoms with E-state index in [1.54, 1.807) is 12.3 Å². The molecule has 1 saturated heterocycles. The zero-order chi connectivity index (χ0) is 26.8. The molecule has 8 nitrogen and oxygen atoms in total. The normalized spacial score (nSPS) is 30.3. The van der Waals surface area contributed by atoms with Crippen molar-refractivity contribution in [3.05, 3.63) is 60.2 Å². The number of hydrogen-bond acceptors (Lipinski definition) is 6. The van der Waals surface area contributed by atoms with Gasteiger partial charge in [-0.25, -0.2) is 9.18 Å². The first-order valence-corrected chi connectivity index (χ1v) is 13.1. The molecular formula is C29H32FN3O5. The third kappa shape index (κ3) is 5.56. The van der Waals surface area contributed by atoms with Gasteiger partial charge in [0.2, 0.25) is 0 Å². The highest BCUT2D eigenvalue weighted by atomic mass is 19.1. The summed E-state index contributed by atoms with van der Waals surface area (Å²) in [6.45, 7) is 1.51. The van der Waals surface area contributed by atoms with Crippen molar-refractivity contribution in [2.45, 2.75) is 44.8 Å². The van der Waals surface area contributed by atoms with Crippen LogP contribution in [0.25, 0.3) is 17.2 Å². The van der Waals surface area contributed by atoms with Crippen molar-refractivity contribution in [3.8, 4) is 11.1 Å². The largest absolute Gasteiger partial charge is 0.462 e. The molecule has 2 saturated carbocycles. The summed E-state index contributed by atoms with van der Waals surface area (Å²) in [5.41, 5.74) is 7.44. The minimum Gasteiger partial charge on any atom is -0.462 e. The fourth-order valence-electron chi connectivity index (χ4n) is 6.64. The molecule has 2 aromatic rings. The minimum atomic E-state index is -0.705. The Balaban J connectivity index is 1.31. The molecule has 3 fully saturated rings. The van der Waals surface area contributed by atoms with Crippen molar-refractivity contribution >= 4 is 24.0 Å². The highest BCUT2D eigenvalue weighted by Gasteiger charge is 2.54. The molecule has 3 aliphatic rings. The van der Waals surface area contributed by atoms with Gasteiger partial charge in [0.15, 0.2) is 6.61 Å². The summed E-state index contributed by atoms with van der Waals surface area (Å²) in [6, 6.07) is 10.2. The lowest BCUT2D eigenvalue weighted by atomic mass is 9.57. The molecule has 0 spiro atoms. The van der Waals surface area contributed by atoms with E-state index in [0.717, 1.165) is 42.5 Å². The Labute approximate surface area is 220 Å². The molecule has 7 atom stereocenters. The van der Waals surface area contributed by atoms with Crippen molar-refractivity contribution in [2.75, 3.05) is 6.61 Å². The first kappa shape index (κ1) is 25.9. The van der Waals surface area contributed by atoms with Gasteiger partial charge in [0, 0.05) is 23.7 Å². The standard InChI is InChI=1S/C29H32FN3O5/c1-16-27-24(10-7-21-6-5-18(14-32-21)17-3-2-4-20(30)11-17)23-9-8-22(33-29(36)37-15-26(31)34)12-19(23)13-25(27)28(35)38-16/h2-7,10-11,14,16,19,22-25,27H,8-9,12-13,15H2,1H3,(H2,31,34)(H,33,36)/t16-,19+,22-,23-,24+,25-,27+/m1/s1. The van der Waals surface area contributed by atoms with Gasteiger partial charge in [0.25, 0.3) is 5.91 Å². The van der Waals surface area contributed by atoms with Crippen LogP contribution in [-0.2, 0) is 19.1 Å². The average Bonchev–Trinajstić information content (AvgIpc) is 3.18. The van der Waals surface area contributed by atoms with Crippen LogP contribution in [0.15, 0.2) is 48.7 Å². The van der Waals surface area contributed by atoms with Gasteiger partial charge >= 0.3 is 12.1 Å². The number of hydrogen-bond donors (Lipinski definition) is 2. The Hall–Kier alpha value is -3.75. The number of esters is 1. The Morgan fingerprint density at radius 2 is 2.05 bits per heavy atom. The molecule has 2 aliphatic carbocycles. The van der Waals surface area contributed by atoms with E-state index in [0.29, 0.717) is 5.92 Å². The second-order valence-corrected chi connectivity index (χ2v) is 10.6. The second-order valence-electron chi connectivity index (χ2n) is 10.6. The number of nitrogens with one attached hydrogen (secondary N) is 1. The highest BCUT2D eigenvalue weighted by molar-refractivity contribution is 5.78. The summed E-state index contributed by atoms with van der Waals surface area (Å²) in [5, 5.41) is 2.85. The molecule has 3 N–H and O–H groups in total. The maximum Gasteiger partial charge on any atom is 0.407 e. The molecule has 0 unspecified atom stereocenters. The first-order chi connectivity index (χ1) is 18.3. The van der Waals surface area contributed by atoms with Gasteiger partial charge in [-0.1, -0.05) is 24.3 Å². The van der Waals surface area contributed by atoms with Crippen LogP contribution in [0.1, 0.15) is 38.3 Å². The molecule has 1 aliphatic heterocycles. The molecule has 0 radical (unpaired) electrons. The van der Waals surface area contributed by atoms with Gasteiger partial charge in [-0.15, -0.1) is 0 Å². The Morgan fingerprint density at radius 1 is 1.21 bits per heavy atom. The van der Waals surface area contributed by atoms with Crippen molar-refractivity contribution in [2.24, 2.45) is 35.3 Å². The lowest BCUT2D eigenvalue weighted by molar-refractivity contribution is -0.144. The number of carbonyl (C=O) groups excluding carboxylic acids is 3. The number of aromatic nitrogens is 1. The van der Waals surface area contributed by atoms with Crippen LogP contribution in [0.5, 0.6) is 0 Å². The Bertz CT molecular complexity index is 1230. The molecular weight excluding hydrogens is 489 g/mol. The number of carbonyl (C=O) groups is 3. The number of ether oxygens (including phenoxy) is 2. The number of nitrogens with two attached hydrogens (primary N) is 1. The number of cyclic esters (lactones) is 1. The number of pyridine rings is 1. The zero-order valence-electron chi connectivity index (χ0n) is 21.2. The summed E-state index contributed by atoms with van der Waals surface area (Å²) < 4.78 is 24.1. The van der Waals surface area contributed by atoms with E-state index in [2.05, 4.69) is 16.4 Å².